The van der Waals surface area contributed by atoms with Gasteiger partial charge in [-0.2, -0.15) is 0 Å². The standard InChI is InChI=1S/C20H21N5OS/c1-13-5-16-11-25(4-3-18(16)22-7-13)19-14(2)6-15(8-23-19)20(26)24-10-17-9-21-12-27-17/h5-9,12H,3-4,10-11H2,1-2H3,(H,24,26). The average molecular weight is 379 g/mol. The molecule has 0 atom stereocenters. The third-order valence-corrected chi connectivity index (χ3v) is 5.47. The van der Waals surface area contributed by atoms with Crippen molar-refractivity contribution in [2.24, 2.45) is 0 Å². The number of hydrogen-bond acceptors (Lipinski definition) is 6. The first kappa shape index (κ1) is 17.6. The molecule has 3 aromatic rings. The maximum absolute atomic E-state index is 12.4. The van der Waals surface area contributed by atoms with E-state index in [0.717, 1.165) is 35.8 Å². The number of fused-ring (bicyclic) bond motifs is 1. The highest BCUT2D eigenvalue weighted by Gasteiger charge is 2.20. The van der Waals surface area contributed by atoms with Crippen molar-refractivity contribution in [1.82, 2.24) is 20.3 Å². The number of nitrogens with one attached hydrogen (secondary N) is 1. The molecule has 4 heterocycles. The van der Waals surface area contributed by atoms with E-state index in [4.69, 9.17) is 0 Å². The lowest BCUT2D eigenvalue weighted by atomic mass is 10.0. The third-order valence-electron chi connectivity index (χ3n) is 4.70. The Morgan fingerprint density at radius 1 is 1.22 bits per heavy atom. The van der Waals surface area contributed by atoms with Gasteiger partial charge in [0.1, 0.15) is 5.82 Å². The lowest BCUT2D eigenvalue weighted by Crippen LogP contribution is -2.32. The second kappa shape index (κ2) is 7.44. The van der Waals surface area contributed by atoms with Gasteiger partial charge in [-0.15, -0.1) is 11.3 Å². The Kier molecular flexibility index (Phi) is 4.85. The summed E-state index contributed by atoms with van der Waals surface area (Å²) >= 11 is 1.53. The number of pyridine rings is 2. The van der Waals surface area contributed by atoms with Crippen LogP contribution < -0.4 is 10.2 Å². The van der Waals surface area contributed by atoms with Gasteiger partial charge in [0.15, 0.2) is 0 Å². The van der Waals surface area contributed by atoms with Gasteiger partial charge in [-0.3, -0.25) is 14.8 Å². The number of aryl methyl sites for hydroxylation is 2. The number of hydrogen-bond donors (Lipinski definition) is 1. The van der Waals surface area contributed by atoms with Gasteiger partial charge < -0.3 is 10.2 Å². The molecule has 1 aliphatic heterocycles. The summed E-state index contributed by atoms with van der Waals surface area (Å²) in [4.78, 5) is 28.8. The van der Waals surface area contributed by atoms with E-state index < -0.39 is 0 Å². The van der Waals surface area contributed by atoms with E-state index in [-0.39, 0.29) is 5.91 Å². The van der Waals surface area contributed by atoms with E-state index in [1.807, 2.05) is 19.2 Å². The van der Waals surface area contributed by atoms with E-state index in [9.17, 15) is 4.79 Å². The summed E-state index contributed by atoms with van der Waals surface area (Å²) in [5.74, 6) is 0.815. The highest BCUT2D eigenvalue weighted by atomic mass is 32.1. The van der Waals surface area contributed by atoms with Crippen LogP contribution in [0, 0.1) is 13.8 Å². The summed E-state index contributed by atoms with van der Waals surface area (Å²) in [5.41, 5.74) is 6.95. The number of nitrogens with zero attached hydrogens (tertiary/aromatic N) is 4. The molecule has 0 aliphatic carbocycles. The van der Waals surface area contributed by atoms with Crippen molar-refractivity contribution in [2.75, 3.05) is 11.4 Å². The molecule has 1 amide bonds. The van der Waals surface area contributed by atoms with Gasteiger partial charge in [-0.05, 0) is 36.6 Å². The number of rotatable bonds is 4. The molecular formula is C20H21N5OS. The molecule has 0 bridgehead atoms. The fraction of sp³-hybridized carbons (Fsp3) is 0.300. The van der Waals surface area contributed by atoms with Crippen molar-refractivity contribution >= 4 is 23.1 Å². The van der Waals surface area contributed by atoms with Gasteiger partial charge >= 0.3 is 0 Å². The monoisotopic (exact) mass is 379 g/mol. The van der Waals surface area contributed by atoms with Crippen LogP contribution in [0.4, 0.5) is 5.82 Å². The fourth-order valence-corrected chi connectivity index (χ4v) is 3.88. The minimum atomic E-state index is -0.116. The van der Waals surface area contributed by atoms with Crippen LogP contribution in [0.1, 0.15) is 37.6 Å². The first-order valence-electron chi connectivity index (χ1n) is 8.91. The van der Waals surface area contributed by atoms with Gasteiger partial charge in [-0.1, -0.05) is 6.07 Å². The summed E-state index contributed by atoms with van der Waals surface area (Å²) in [5, 5.41) is 2.92. The van der Waals surface area contributed by atoms with Crippen LogP contribution in [0.3, 0.4) is 0 Å². The molecule has 0 unspecified atom stereocenters. The van der Waals surface area contributed by atoms with Crippen molar-refractivity contribution < 1.29 is 4.79 Å². The lowest BCUT2D eigenvalue weighted by Gasteiger charge is -2.30. The van der Waals surface area contributed by atoms with Gasteiger partial charge in [0, 0.05) is 48.7 Å². The average Bonchev–Trinajstić information content (AvgIpc) is 3.19. The highest BCUT2D eigenvalue weighted by molar-refractivity contribution is 7.09. The summed E-state index contributed by atoms with van der Waals surface area (Å²) in [6.07, 6.45) is 6.27. The molecule has 6 nitrogen and oxygen atoms in total. The van der Waals surface area contributed by atoms with Crippen LogP contribution in [-0.2, 0) is 19.5 Å². The van der Waals surface area contributed by atoms with Crippen LogP contribution in [0.5, 0.6) is 0 Å². The number of aromatic nitrogens is 3. The normalized spacial score (nSPS) is 13.3. The summed E-state index contributed by atoms with van der Waals surface area (Å²) < 4.78 is 0. The second-order valence-corrected chi connectivity index (χ2v) is 7.78. The molecule has 1 N–H and O–H groups in total. The number of carbonyl (C=O) groups excluding carboxylic acids is 1. The largest absolute Gasteiger partial charge is 0.352 e. The Morgan fingerprint density at radius 3 is 2.89 bits per heavy atom. The first-order valence-corrected chi connectivity index (χ1v) is 9.79. The number of anilines is 1. The Hall–Kier alpha value is -2.80. The maximum Gasteiger partial charge on any atom is 0.253 e. The highest BCUT2D eigenvalue weighted by Crippen LogP contribution is 2.25. The maximum atomic E-state index is 12.4. The smallest absolute Gasteiger partial charge is 0.253 e. The van der Waals surface area contributed by atoms with E-state index in [1.165, 1.54) is 28.2 Å². The molecule has 0 saturated heterocycles. The zero-order valence-corrected chi connectivity index (χ0v) is 16.2. The van der Waals surface area contributed by atoms with Crippen LogP contribution in [0.15, 0.2) is 36.2 Å². The van der Waals surface area contributed by atoms with Gasteiger partial charge in [0.2, 0.25) is 0 Å². The fourth-order valence-electron chi connectivity index (χ4n) is 3.35. The number of carbonyl (C=O) groups is 1. The van der Waals surface area contributed by atoms with Crippen molar-refractivity contribution in [3.63, 3.8) is 0 Å². The molecule has 1 aliphatic rings. The molecule has 3 aromatic heterocycles. The van der Waals surface area contributed by atoms with E-state index in [1.54, 1.807) is 17.9 Å². The third kappa shape index (κ3) is 3.83. The zero-order chi connectivity index (χ0) is 18.8. The topological polar surface area (TPSA) is 71.0 Å². The molecule has 0 aromatic carbocycles. The molecule has 7 heteroatoms. The second-order valence-electron chi connectivity index (χ2n) is 6.80. The molecule has 0 fully saturated rings. The van der Waals surface area contributed by atoms with Gasteiger partial charge in [0.25, 0.3) is 5.91 Å². The van der Waals surface area contributed by atoms with Crippen molar-refractivity contribution in [3.05, 3.63) is 69.1 Å². The summed E-state index contributed by atoms with van der Waals surface area (Å²) in [6.45, 7) is 6.24. The minimum absolute atomic E-state index is 0.116. The lowest BCUT2D eigenvalue weighted by molar-refractivity contribution is 0.0951. The quantitative estimate of drug-likeness (QED) is 0.754. The van der Waals surface area contributed by atoms with Gasteiger partial charge in [0.05, 0.1) is 17.6 Å². The predicted octanol–water partition coefficient (Wildman–Crippen LogP) is 3.04. The van der Waals surface area contributed by atoms with Crippen LogP contribution in [0.25, 0.3) is 0 Å². The predicted molar refractivity (Wildman–Crippen MR) is 106 cm³/mol. The molecule has 0 radical (unpaired) electrons. The first-order chi connectivity index (χ1) is 13.1. The van der Waals surface area contributed by atoms with Gasteiger partial charge in [-0.25, -0.2) is 4.98 Å². The zero-order valence-electron chi connectivity index (χ0n) is 15.4. The summed E-state index contributed by atoms with van der Waals surface area (Å²) in [6, 6.07) is 4.11. The van der Waals surface area contributed by atoms with E-state index >= 15 is 0 Å². The number of amides is 1. The van der Waals surface area contributed by atoms with Crippen molar-refractivity contribution in [3.8, 4) is 0 Å². The van der Waals surface area contributed by atoms with E-state index in [0.29, 0.717) is 12.1 Å². The molecule has 27 heavy (non-hydrogen) atoms. The molecule has 0 spiro atoms. The molecule has 4 rings (SSSR count). The van der Waals surface area contributed by atoms with Crippen LogP contribution in [-0.4, -0.2) is 27.4 Å². The Labute approximate surface area is 162 Å². The van der Waals surface area contributed by atoms with Crippen molar-refractivity contribution in [2.45, 2.75) is 33.4 Å². The van der Waals surface area contributed by atoms with E-state index in [2.05, 4.69) is 38.2 Å². The molecular weight excluding hydrogens is 358 g/mol. The van der Waals surface area contributed by atoms with Crippen molar-refractivity contribution in [1.29, 1.82) is 0 Å². The van der Waals surface area contributed by atoms with Crippen LogP contribution in [0.2, 0.25) is 0 Å². The Morgan fingerprint density at radius 2 is 2.11 bits per heavy atom. The Balaban J connectivity index is 1.48. The summed E-state index contributed by atoms with van der Waals surface area (Å²) in [7, 11) is 0. The SMILES string of the molecule is Cc1cnc2c(c1)CN(c1ncc(C(=O)NCc3cncs3)cc1C)CC2. The molecule has 0 saturated carbocycles. The van der Waals surface area contributed by atoms with Crippen LogP contribution >= 0.6 is 11.3 Å². The Bertz CT molecular complexity index is 971. The minimum Gasteiger partial charge on any atom is -0.352 e. The molecule has 138 valence electrons. The number of thiazole rings is 1.